The molecule has 0 unspecified atom stereocenters. The Hall–Kier alpha value is -2.37. The van der Waals surface area contributed by atoms with Gasteiger partial charge in [0.25, 0.3) is 0 Å². The Kier molecular flexibility index (Phi) is 7.08. The number of hydrogen-bond acceptors (Lipinski definition) is 3. The van der Waals surface area contributed by atoms with Crippen molar-refractivity contribution >= 4 is 17.7 Å². The van der Waals surface area contributed by atoms with Crippen LogP contribution in [0.2, 0.25) is 0 Å². The summed E-state index contributed by atoms with van der Waals surface area (Å²) in [5.74, 6) is -1.59. The Balaban J connectivity index is 2.37. The van der Waals surface area contributed by atoms with E-state index in [2.05, 4.69) is 24.3 Å². The van der Waals surface area contributed by atoms with Crippen molar-refractivity contribution in [3.05, 3.63) is 35.4 Å². The largest absolute Gasteiger partial charge is 0.368 e. The first kappa shape index (κ1) is 17.7. The smallest absolute Gasteiger partial charge is 0.237 e. The molecule has 120 valence electrons. The van der Waals surface area contributed by atoms with Gasteiger partial charge < -0.3 is 16.4 Å². The minimum absolute atomic E-state index is 0.270. The van der Waals surface area contributed by atoms with Crippen molar-refractivity contribution in [2.45, 2.75) is 32.6 Å². The van der Waals surface area contributed by atoms with Crippen molar-refractivity contribution < 1.29 is 14.4 Å². The first-order chi connectivity index (χ1) is 10.4. The van der Waals surface area contributed by atoms with Crippen LogP contribution in [-0.4, -0.2) is 35.7 Å². The zero-order valence-corrected chi connectivity index (χ0v) is 12.9. The highest BCUT2D eigenvalue weighted by Crippen LogP contribution is 2.09. The van der Waals surface area contributed by atoms with Crippen LogP contribution in [0.5, 0.6) is 0 Å². The van der Waals surface area contributed by atoms with Crippen LogP contribution in [0, 0.1) is 6.92 Å². The lowest BCUT2D eigenvalue weighted by Gasteiger charge is -2.19. The summed E-state index contributed by atoms with van der Waals surface area (Å²) in [6.45, 7) is 1.48. The van der Waals surface area contributed by atoms with E-state index in [0.29, 0.717) is 6.42 Å². The van der Waals surface area contributed by atoms with Crippen LogP contribution in [0.4, 0.5) is 0 Å². The average molecular weight is 305 g/mol. The molecule has 0 aromatic heterocycles. The van der Waals surface area contributed by atoms with Gasteiger partial charge in [-0.25, -0.2) is 0 Å². The molecule has 0 spiro atoms. The number of unbranched alkanes of at least 4 members (excludes halogenated alkanes) is 1. The molecule has 0 saturated heterocycles. The first-order valence-electron chi connectivity index (χ1n) is 7.28. The Bertz CT molecular complexity index is 510. The van der Waals surface area contributed by atoms with Gasteiger partial charge >= 0.3 is 0 Å². The lowest BCUT2D eigenvalue weighted by molar-refractivity contribution is -0.138. The van der Waals surface area contributed by atoms with Gasteiger partial charge in [0.05, 0.1) is 13.1 Å². The van der Waals surface area contributed by atoms with Crippen LogP contribution >= 0.6 is 0 Å². The van der Waals surface area contributed by atoms with Gasteiger partial charge in [-0.3, -0.25) is 14.4 Å². The number of nitrogens with two attached hydrogens (primary N) is 2. The Morgan fingerprint density at radius 1 is 0.955 bits per heavy atom. The van der Waals surface area contributed by atoms with Crippen LogP contribution in [-0.2, 0) is 20.8 Å². The molecule has 0 atom stereocenters. The van der Waals surface area contributed by atoms with E-state index in [1.165, 1.54) is 11.1 Å². The van der Waals surface area contributed by atoms with E-state index < -0.39 is 11.8 Å². The highest BCUT2D eigenvalue weighted by atomic mass is 16.2. The lowest BCUT2D eigenvalue weighted by atomic mass is 10.1. The van der Waals surface area contributed by atoms with Crippen molar-refractivity contribution in [2.75, 3.05) is 13.1 Å². The molecule has 0 bridgehead atoms. The normalized spacial score (nSPS) is 10.2. The maximum absolute atomic E-state index is 12.0. The van der Waals surface area contributed by atoms with E-state index in [9.17, 15) is 14.4 Å². The van der Waals surface area contributed by atoms with Gasteiger partial charge in [0.15, 0.2) is 0 Å². The summed E-state index contributed by atoms with van der Waals surface area (Å²) < 4.78 is 0. The highest BCUT2D eigenvalue weighted by molar-refractivity contribution is 5.88. The third-order valence-electron chi connectivity index (χ3n) is 3.27. The molecule has 0 radical (unpaired) electrons. The second-order valence-corrected chi connectivity index (χ2v) is 5.38. The fourth-order valence-electron chi connectivity index (χ4n) is 2.13. The molecular weight excluding hydrogens is 282 g/mol. The number of hydrogen-bond donors (Lipinski definition) is 2. The van der Waals surface area contributed by atoms with Gasteiger partial charge in [-0.05, 0) is 31.7 Å². The molecule has 1 aromatic rings. The molecular formula is C16H23N3O3. The number of rotatable bonds is 9. The third-order valence-corrected chi connectivity index (χ3v) is 3.27. The zero-order valence-electron chi connectivity index (χ0n) is 12.9. The molecule has 0 heterocycles. The van der Waals surface area contributed by atoms with Crippen LogP contribution in [0.1, 0.15) is 30.4 Å². The quantitative estimate of drug-likeness (QED) is 0.649. The monoisotopic (exact) mass is 305 g/mol. The highest BCUT2D eigenvalue weighted by Gasteiger charge is 2.17. The predicted octanol–water partition coefficient (Wildman–Crippen LogP) is 0.507. The second-order valence-electron chi connectivity index (χ2n) is 5.38. The minimum atomic E-state index is -0.658. The van der Waals surface area contributed by atoms with E-state index in [1.54, 1.807) is 0 Å². The summed E-state index contributed by atoms with van der Waals surface area (Å²) in [5, 5.41) is 0. The molecule has 6 nitrogen and oxygen atoms in total. The van der Waals surface area contributed by atoms with Crippen molar-refractivity contribution in [3.63, 3.8) is 0 Å². The topological polar surface area (TPSA) is 106 Å². The van der Waals surface area contributed by atoms with Crippen molar-refractivity contribution in [3.8, 4) is 0 Å². The number of carbonyl (C=O) groups excluding carboxylic acids is 3. The lowest BCUT2D eigenvalue weighted by Crippen LogP contribution is -2.43. The van der Waals surface area contributed by atoms with Gasteiger partial charge in [-0.2, -0.15) is 0 Å². The molecule has 0 aliphatic carbocycles. The van der Waals surface area contributed by atoms with Crippen LogP contribution in [0.25, 0.3) is 0 Å². The summed E-state index contributed by atoms with van der Waals surface area (Å²) in [5.41, 5.74) is 12.6. The Morgan fingerprint density at radius 2 is 1.50 bits per heavy atom. The van der Waals surface area contributed by atoms with Gasteiger partial charge in [0.2, 0.25) is 17.7 Å². The predicted molar refractivity (Wildman–Crippen MR) is 83.7 cm³/mol. The van der Waals surface area contributed by atoms with Crippen LogP contribution in [0.3, 0.4) is 0 Å². The van der Waals surface area contributed by atoms with E-state index in [0.717, 1.165) is 17.7 Å². The minimum Gasteiger partial charge on any atom is -0.368 e. The molecule has 3 amide bonds. The Labute approximate surface area is 130 Å². The number of nitrogens with zero attached hydrogens (tertiary/aromatic N) is 1. The maximum atomic E-state index is 12.0. The van der Waals surface area contributed by atoms with Gasteiger partial charge in [0.1, 0.15) is 0 Å². The summed E-state index contributed by atoms with van der Waals surface area (Å²) in [4.78, 5) is 34.9. The van der Waals surface area contributed by atoms with Gasteiger partial charge in [-0.1, -0.05) is 29.8 Å². The molecule has 0 aliphatic rings. The number of primary amides is 2. The summed E-state index contributed by atoms with van der Waals surface area (Å²) >= 11 is 0. The molecule has 0 aliphatic heterocycles. The molecule has 22 heavy (non-hydrogen) atoms. The van der Waals surface area contributed by atoms with E-state index in [-0.39, 0.29) is 25.4 Å². The number of aryl methyl sites for hydroxylation is 2. The molecule has 6 heteroatoms. The maximum Gasteiger partial charge on any atom is 0.237 e. The molecule has 1 aromatic carbocycles. The summed E-state index contributed by atoms with van der Waals surface area (Å²) in [7, 11) is 0. The molecule has 0 saturated carbocycles. The van der Waals surface area contributed by atoms with Crippen LogP contribution < -0.4 is 11.5 Å². The molecule has 4 N–H and O–H groups in total. The van der Waals surface area contributed by atoms with Crippen molar-refractivity contribution in [1.82, 2.24) is 4.90 Å². The van der Waals surface area contributed by atoms with Crippen molar-refractivity contribution in [1.29, 1.82) is 0 Å². The van der Waals surface area contributed by atoms with Crippen molar-refractivity contribution in [2.24, 2.45) is 11.5 Å². The molecule has 1 rings (SSSR count). The zero-order chi connectivity index (χ0) is 16.5. The van der Waals surface area contributed by atoms with Gasteiger partial charge in [0, 0.05) is 6.42 Å². The number of amides is 3. The second kappa shape index (κ2) is 8.81. The summed E-state index contributed by atoms with van der Waals surface area (Å²) in [6, 6.07) is 8.26. The number of carbonyl (C=O) groups is 3. The standard InChI is InChI=1S/C16H23N3O3/c1-12-6-8-13(9-7-12)4-2-3-5-16(22)19(10-14(17)20)11-15(18)21/h6-9H,2-5,10-11H2,1H3,(H2,17,20)(H2,18,21). The Morgan fingerprint density at radius 3 is 2.00 bits per heavy atom. The number of benzene rings is 1. The molecule has 0 fully saturated rings. The van der Waals surface area contributed by atoms with E-state index in [4.69, 9.17) is 11.5 Å². The fourth-order valence-corrected chi connectivity index (χ4v) is 2.13. The van der Waals surface area contributed by atoms with E-state index >= 15 is 0 Å². The third kappa shape index (κ3) is 6.88. The fraction of sp³-hybridized carbons (Fsp3) is 0.438. The van der Waals surface area contributed by atoms with Crippen LogP contribution in [0.15, 0.2) is 24.3 Å². The summed E-state index contributed by atoms with van der Waals surface area (Å²) in [6.07, 6.45) is 2.70. The van der Waals surface area contributed by atoms with Gasteiger partial charge in [-0.15, -0.1) is 0 Å². The SMILES string of the molecule is Cc1ccc(CCCCC(=O)N(CC(N)=O)CC(N)=O)cc1. The average Bonchev–Trinajstić information content (AvgIpc) is 2.43. The first-order valence-corrected chi connectivity index (χ1v) is 7.28. The van der Waals surface area contributed by atoms with E-state index in [1.807, 2.05) is 6.92 Å².